The molecule has 0 aliphatic carbocycles. The molecule has 0 aromatic heterocycles. The molecule has 0 spiro atoms. The van der Waals surface area contributed by atoms with Crippen molar-refractivity contribution < 1.29 is 9.90 Å². The number of carbonyl (C=O) groups excluding carboxylic acids is 1. The third-order valence-corrected chi connectivity index (χ3v) is 2.54. The van der Waals surface area contributed by atoms with Gasteiger partial charge < -0.3 is 16.2 Å². The van der Waals surface area contributed by atoms with Crippen molar-refractivity contribution in [1.29, 1.82) is 0 Å². The van der Waals surface area contributed by atoms with Crippen LogP contribution in [-0.4, -0.2) is 11.0 Å². The first kappa shape index (κ1) is 12.4. The van der Waals surface area contributed by atoms with Gasteiger partial charge in [-0.3, -0.25) is 4.79 Å². The second-order valence-corrected chi connectivity index (χ2v) is 4.04. The van der Waals surface area contributed by atoms with Crippen molar-refractivity contribution in [3.63, 3.8) is 0 Å². The Morgan fingerprint density at radius 3 is 2.81 bits per heavy atom. The summed E-state index contributed by atoms with van der Waals surface area (Å²) >= 11 is 0. The fraction of sp³-hybridized carbons (Fsp3) is 0.417. The van der Waals surface area contributed by atoms with E-state index in [9.17, 15) is 4.79 Å². The second kappa shape index (κ2) is 5.39. The van der Waals surface area contributed by atoms with Gasteiger partial charge in [0.25, 0.3) is 0 Å². The first-order chi connectivity index (χ1) is 7.52. The molecule has 1 amide bonds. The molecule has 88 valence electrons. The molecule has 0 bridgehead atoms. The topological polar surface area (TPSA) is 75.3 Å². The summed E-state index contributed by atoms with van der Waals surface area (Å²) in [6, 6.07) is 4.51. The lowest BCUT2D eigenvalue weighted by Gasteiger charge is -2.11. The highest BCUT2D eigenvalue weighted by atomic mass is 16.3. The average Bonchev–Trinajstić information content (AvgIpc) is 2.22. The molecule has 0 saturated carbocycles. The predicted octanol–water partition coefficient (Wildman–Crippen LogP) is 2.35. The molecule has 4 N–H and O–H groups in total. The highest BCUT2D eigenvalue weighted by Crippen LogP contribution is 2.23. The number of aromatic hydroxyl groups is 1. The number of nitrogens with one attached hydrogen (secondary N) is 1. The van der Waals surface area contributed by atoms with Gasteiger partial charge in [-0.15, -0.1) is 0 Å². The van der Waals surface area contributed by atoms with E-state index in [1.807, 2.05) is 13.8 Å². The van der Waals surface area contributed by atoms with Gasteiger partial charge >= 0.3 is 0 Å². The number of hydrogen-bond donors (Lipinski definition) is 3. The molecule has 16 heavy (non-hydrogen) atoms. The quantitative estimate of drug-likeness (QED) is 0.540. The van der Waals surface area contributed by atoms with Crippen LogP contribution < -0.4 is 11.1 Å². The van der Waals surface area contributed by atoms with Crippen LogP contribution in [0.2, 0.25) is 0 Å². The zero-order valence-corrected chi connectivity index (χ0v) is 9.66. The molecule has 1 atom stereocenters. The first-order valence-electron chi connectivity index (χ1n) is 5.41. The maximum atomic E-state index is 11.6. The highest BCUT2D eigenvalue weighted by Gasteiger charge is 2.09. The van der Waals surface area contributed by atoms with E-state index in [2.05, 4.69) is 5.32 Å². The molecule has 1 unspecified atom stereocenters. The van der Waals surface area contributed by atoms with Crippen LogP contribution in [0.15, 0.2) is 18.2 Å². The van der Waals surface area contributed by atoms with Gasteiger partial charge in [0, 0.05) is 12.5 Å². The van der Waals surface area contributed by atoms with E-state index in [0.717, 1.165) is 6.42 Å². The Bertz CT molecular complexity index is 377. The molecule has 1 aromatic carbocycles. The third-order valence-electron chi connectivity index (χ3n) is 2.54. The van der Waals surface area contributed by atoms with Gasteiger partial charge in [-0.1, -0.05) is 20.3 Å². The normalized spacial score (nSPS) is 12.1. The molecular weight excluding hydrogens is 204 g/mol. The van der Waals surface area contributed by atoms with Gasteiger partial charge in [0.15, 0.2) is 0 Å². The Morgan fingerprint density at radius 1 is 1.56 bits per heavy atom. The Morgan fingerprint density at radius 2 is 2.25 bits per heavy atom. The lowest BCUT2D eigenvalue weighted by molar-refractivity contribution is -0.117. The molecule has 0 fully saturated rings. The Labute approximate surface area is 95.5 Å². The van der Waals surface area contributed by atoms with E-state index >= 15 is 0 Å². The summed E-state index contributed by atoms with van der Waals surface area (Å²) in [5.41, 5.74) is 6.58. The predicted molar refractivity (Wildman–Crippen MR) is 65.2 cm³/mol. The lowest BCUT2D eigenvalue weighted by Crippen LogP contribution is -2.15. The molecule has 0 radical (unpaired) electrons. The number of phenols is 1. The summed E-state index contributed by atoms with van der Waals surface area (Å²) in [6.45, 7) is 4.08. The van der Waals surface area contributed by atoms with Crippen LogP contribution in [0, 0.1) is 5.92 Å². The van der Waals surface area contributed by atoms with Crippen LogP contribution >= 0.6 is 0 Å². The van der Waals surface area contributed by atoms with Crippen LogP contribution in [-0.2, 0) is 4.79 Å². The molecule has 1 aromatic rings. The molecule has 1 rings (SSSR count). The van der Waals surface area contributed by atoms with Crippen molar-refractivity contribution in [2.45, 2.75) is 26.7 Å². The number of hydrogen-bond acceptors (Lipinski definition) is 3. The minimum Gasteiger partial charge on any atom is -0.508 e. The number of nitrogen functional groups attached to an aromatic ring is 1. The number of carbonyl (C=O) groups is 1. The van der Waals surface area contributed by atoms with Crippen molar-refractivity contribution in [2.24, 2.45) is 5.92 Å². The van der Waals surface area contributed by atoms with Crippen LogP contribution in [0.5, 0.6) is 5.75 Å². The van der Waals surface area contributed by atoms with Gasteiger partial charge in [-0.25, -0.2) is 0 Å². The molecule has 4 heteroatoms. The summed E-state index contributed by atoms with van der Waals surface area (Å²) in [4.78, 5) is 11.6. The first-order valence-corrected chi connectivity index (χ1v) is 5.41. The summed E-state index contributed by atoms with van der Waals surface area (Å²) in [7, 11) is 0. The van der Waals surface area contributed by atoms with Crippen LogP contribution in [0.1, 0.15) is 26.7 Å². The van der Waals surface area contributed by atoms with E-state index in [0.29, 0.717) is 23.7 Å². The fourth-order valence-electron chi connectivity index (χ4n) is 1.33. The van der Waals surface area contributed by atoms with Gasteiger partial charge in [0.05, 0.1) is 11.4 Å². The number of nitrogens with two attached hydrogens (primary N) is 1. The standard InChI is InChI=1S/C12H18N2O2/c1-3-8(2)6-12(16)14-11-5-4-9(15)7-10(11)13/h4-5,7-8,15H,3,6,13H2,1-2H3,(H,14,16). The van der Waals surface area contributed by atoms with E-state index < -0.39 is 0 Å². The average molecular weight is 222 g/mol. The number of rotatable bonds is 4. The van der Waals surface area contributed by atoms with Crippen LogP contribution in [0.4, 0.5) is 11.4 Å². The molecule has 4 nitrogen and oxygen atoms in total. The highest BCUT2D eigenvalue weighted by molar-refractivity contribution is 5.94. The SMILES string of the molecule is CCC(C)CC(=O)Nc1ccc(O)cc1N. The van der Waals surface area contributed by atoms with Crippen LogP contribution in [0.25, 0.3) is 0 Å². The zero-order valence-electron chi connectivity index (χ0n) is 9.66. The Balaban J connectivity index is 2.63. The maximum Gasteiger partial charge on any atom is 0.224 e. The smallest absolute Gasteiger partial charge is 0.224 e. The summed E-state index contributed by atoms with van der Waals surface area (Å²) < 4.78 is 0. The summed E-state index contributed by atoms with van der Waals surface area (Å²) in [5, 5.41) is 11.9. The fourth-order valence-corrected chi connectivity index (χ4v) is 1.33. The van der Waals surface area contributed by atoms with E-state index in [1.165, 1.54) is 12.1 Å². The van der Waals surface area contributed by atoms with Crippen LogP contribution in [0.3, 0.4) is 0 Å². The van der Waals surface area contributed by atoms with E-state index in [1.54, 1.807) is 6.07 Å². The van der Waals surface area contributed by atoms with Crippen molar-refractivity contribution in [2.75, 3.05) is 11.1 Å². The van der Waals surface area contributed by atoms with Crippen molar-refractivity contribution in [1.82, 2.24) is 0 Å². The zero-order chi connectivity index (χ0) is 12.1. The Kier molecular flexibility index (Phi) is 4.17. The number of amides is 1. The maximum absolute atomic E-state index is 11.6. The second-order valence-electron chi connectivity index (χ2n) is 4.04. The molecule has 0 heterocycles. The van der Waals surface area contributed by atoms with Gasteiger partial charge in [-0.2, -0.15) is 0 Å². The minimum atomic E-state index is -0.0493. The van der Waals surface area contributed by atoms with E-state index in [-0.39, 0.29) is 11.7 Å². The van der Waals surface area contributed by atoms with Gasteiger partial charge in [-0.05, 0) is 18.1 Å². The monoisotopic (exact) mass is 222 g/mol. The largest absolute Gasteiger partial charge is 0.508 e. The Hall–Kier alpha value is -1.71. The van der Waals surface area contributed by atoms with Crippen molar-refractivity contribution in [3.8, 4) is 5.75 Å². The number of phenolic OH excluding ortho intramolecular Hbond substituents is 1. The minimum absolute atomic E-state index is 0.0493. The number of anilines is 2. The van der Waals surface area contributed by atoms with Crippen molar-refractivity contribution in [3.05, 3.63) is 18.2 Å². The third kappa shape index (κ3) is 3.46. The molecule has 0 aliphatic rings. The van der Waals surface area contributed by atoms with E-state index in [4.69, 9.17) is 10.8 Å². The molecule has 0 aliphatic heterocycles. The molecule has 0 saturated heterocycles. The van der Waals surface area contributed by atoms with Gasteiger partial charge in [0.1, 0.15) is 5.75 Å². The summed E-state index contributed by atoms with van der Waals surface area (Å²) in [5.74, 6) is 0.405. The lowest BCUT2D eigenvalue weighted by atomic mass is 10.0. The van der Waals surface area contributed by atoms with Gasteiger partial charge in [0.2, 0.25) is 5.91 Å². The van der Waals surface area contributed by atoms with Crippen molar-refractivity contribution >= 4 is 17.3 Å². The molecular formula is C12H18N2O2. The number of benzene rings is 1. The summed E-state index contributed by atoms with van der Waals surface area (Å²) in [6.07, 6.45) is 1.45.